The zero-order chi connectivity index (χ0) is 11.0. The number of benzene rings is 1. The van der Waals surface area contributed by atoms with E-state index in [-0.39, 0.29) is 52.9 Å². The molecule has 4 N–H and O–H groups in total. The summed E-state index contributed by atoms with van der Waals surface area (Å²) in [6.07, 6.45) is 0. The van der Waals surface area contributed by atoms with Gasteiger partial charge in [-0.1, -0.05) is 18.2 Å². The summed E-state index contributed by atoms with van der Waals surface area (Å²) in [5.41, 5.74) is 4.78. The van der Waals surface area contributed by atoms with Gasteiger partial charge in [-0.25, -0.2) is 0 Å². The van der Waals surface area contributed by atoms with E-state index in [1.807, 2.05) is 6.07 Å². The van der Waals surface area contributed by atoms with E-state index in [1.54, 1.807) is 24.3 Å². The van der Waals surface area contributed by atoms with Gasteiger partial charge in [-0.05, 0) is 12.1 Å². The van der Waals surface area contributed by atoms with Crippen molar-refractivity contribution in [3.05, 3.63) is 30.3 Å². The van der Waals surface area contributed by atoms with Crippen molar-refractivity contribution in [2.75, 3.05) is 12.3 Å². The third kappa shape index (κ3) is 14.1. The summed E-state index contributed by atoms with van der Waals surface area (Å²) in [4.78, 5) is 0. The minimum Gasteiger partial charge on any atom is -1.00 e. The van der Waals surface area contributed by atoms with Crippen molar-refractivity contribution < 1.29 is 20.9 Å². The number of rotatable bonds is 2. The Morgan fingerprint density at radius 1 is 1.27 bits per heavy atom. The van der Waals surface area contributed by atoms with Crippen LogP contribution in [0.4, 0.5) is 0 Å². The molecule has 15 heavy (non-hydrogen) atoms. The fraction of sp³-hybridized carbons (Fsp3) is 0.250. The molecule has 0 atom stereocenters. The van der Waals surface area contributed by atoms with Gasteiger partial charge < -0.3 is 13.7 Å². The molecule has 0 aliphatic rings. The van der Waals surface area contributed by atoms with Crippen LogP contribution in [0.3, 0.4) is 0 Å². The molecule has 0 aliphatic carbocycles. The molecule has 0 heterocycles. The van der Waals surface area contributed by atoms with Crippen LogP contribution >= 0.6 is 0 Å². The topological polar surface area (TPSA) is 101 Å². The Balaban J connectivity index is -0.0000000845. The van der Waals surface area contributed by atoms with E-state index in [9.17, 15) is 8.42 Å². The Morgan fingerprint density at radius 3 is 1.87 bits per heavy atom. The molecule has 1 rings (SSSR count). The van der Waals surface area contributed by atoms with Crippen LogP contribution < -0.4 is 5.73 Å². The number of phenolic OH excluding ortho intramolecular Hbond substituents is 1. The standard InChI is InChI=1S/C6H6O.C2H7NO3S.Ca.2H/c7-6-4-2-1-3-5-6;3-1-2-7(4,5)6;;;/h1-5,7H;1-3H2,(H,4,5,6);;;/q;;+2;2*-1. The SMILES string of the molecule is NCCS(=O)(=O)O.Oc1ccccc1.[Ca+2].[H-].[H-]. The third-order valence-electron chi connectivity index (χ3n) is 1.13. The molecular formula is C8H15CaNO4S. The first kappa shape index (κ1) is 17.5. The van der Waals surface area contributed by atoms with Gasteiger partial charge in [0.1, 0.15) is 5.75 Å². The van der Waals surface area contributed by atoms with Crippen LogP contribution in [-0.4, -0.2) is 68.1 Å². The third-order valence-corrected chi connectivity index (χ3v) is 1.88. The summed E-state index contributed by atoms with van der Waals surface area (Å²) < 4.78 is 27.3. The summed E-state index contributed by atoms with van der Waals surface area (Å²) in [6.45, 7) is -0.0289. The second-order valence-electron chi connectivity index (χ2n) is 2.41. The maximum atomic E-state index is 9.71. The molecule has 0 radical (unpaired) electrons. The van der Waals surface area contributed by atoms with Gasteiger partial charge in [0.25, 0.3) is 10.1 Å². The molecule has 0 saturated carbocycles. The molecule has 0 saturated heterocycles. The molecule has 1 aromatic rings. The van der Waals surface area contributed by atoms with Gasteiger partial charge >= 0.3 is 37.7 Å². The second-order valence-corrected chi connectivity index (χ2v) is 3.98. The molecule has 84 valence electrons. The number of aromatic hydroxyl groups is 1. The van der Waals surface area contributed by atoms with Crippen LogP contribution in [0.1, 0.15) is 2.85 Å². The first-order valence-corrected chi connectivity index (χ1v) is 5.46. The first-order chi connectivity index (χ1) is 6.45. The smallest absolute Gasteiger partial charge is 1.00 e. The quantitative estimate of drug-likeness (QED) is 0.516. The largest absolute Gasteiger partial charge is 2.00 e. The van der Waals surface area contributed by atoms with Crippen LogP contribution in [0, 0.1) is 0 Å². The van der Waals surface area contributed by atoms with E-state index < -0.39 is 10.1 Å². The van der Waals surface area contributed by atoms with Crippen molar-refractivity contribution in [3.8, 4) is 5.75 Å². The predicted octanol–water partition coefficient (Wildman–Crippen LogP) is 0.0693. The molecule has 0 spiro atoms. The van der Waals surface area contributed by atoms with Gasteiger partial charge in [0.15, 0.2) is 0 Å². The Morgan fingerprint density at radius 2 is 1.73 bits per heavy atom. The normalized spacial score (nSPS) is 9.47. The minimum atomic E-state index is -3.80. The average Bonchev–Trinajstić information content (AvgIpc) is 2.04. The number of nitrogens with two attached hydrogens (primary N) is 1. The number of phenols is 1. The molecule has 1 aromatic carbocycles. The van der Waals surface area contributed by atoms with Gasteiger partial charge in [0.2, 0.25) is 0 Å². The van der Waals surface area contributed by atoms with E-state index in [0.29, 0.717) is 5.75 Å². The van der Waals surface area contributed by atoms with Crippen molar-refractivity contribution in [2.24, 2.45) is 5.73 Å². The van der Waals surface area contributed by atoms with E-state index in [1.165, 1.54) is 0 Å². The van der Waals surface area contributed by atoms with Gasteiger partial charge in [-0.15, -0.1) is 0 Å². The molecule has 0 aliphatic heterocycles. The van der Waals surface area contributed by atoms with Crippen molar-refractivity contribution in [3.63, 3.8) is 0 Å². The first-order valence-electron chi connectivity index (χ1n) is 3.85. The monoisotopic (exact) mass is 261 g/mol. The molecular weight excluding hydrogens is 246 g/mol. The molecule has 5 nitrogen and oxygen atoms in total. The van der Waals surface area contributed by atoms with Crippen molar-refractivity contribution in [2.45, 2.75) is 0 Å². The van der Waals surface area contributed by atoms with Crippen molar-refractivity contribution in [1.29, 1.82) is 0 Å². The van der Waals surface area contributed by atoms with Crippen LogP contribution in [-0.2, 0) is 10.1 Å². The molecule has 0 amide bonds. The molecule has 0 aromatic heterocycles. The summed E-state index contributed by atoms with van der Waals surface area (Å²) in [5.74, 6) is -0.0324. The van der Waals surface area contributed by atoms with Crippen LogP contribution in [0.5, 0.6) is 5.75 Å². The van der Waals surface area contributed by atoms with Crippen molar-refractivity contribution in [1.82, 2.24) is 0 Å². The summed E-state index contributed by atoms with van der Waals surface area (Å²) in [7, 11) is -3.80. The summed E-state index contributed by atoms with van der Waals surface area (Å²) in [6, 6.07) is 8.71. The maximum absolute atomic E-state index is 9.71. The van der Waals surface area contributed by atoms with E-state index in [4.69, 9.17) is 15.4 Å². The second kappa shape index (κ2) is 9.38. The van der Waals surface area contributed by atoms with E-state index >= 15 is 0 Å². The Bertz CT molecular complexity index is 350. The minimum absolute atomic E-state index is 0. The Kier molecular flexibility index (Phi) is 11.0. The number of hydrogen-bond donors (Lipinski definition) is 3. The molecule has 0 unspecified atom stereocenters. The van der Waals surface area contributed by atoms with E-state index in [0.717, 1.165) is 0 Å². The fourth-order valence-electron chi connectivity index (χ4n) is 0.577. The molecule has 0 bridgehead atoms. The zero-order valence-electron chi connectivity index (χ0n) is 10.2. The van der Waals surface area contributed by atoms with Gasteiger partial charge in [-0.2, -0.15) is 8.42 Å². The van der Waals surface area contributed by atoms with Gasteiger partial charge in [0, 0.05) is 6.54 Å². The van der Waals surface area contributed by atoms with Crippen LogP contribution in [0.2, 0.25) is 0 Å². The summed E-state index contributed by atoms with van der Waals surface area (Å²) in [5, 5.41) is 8.63. The zero-order valence-corrected chi connectivity index (χ0v) is 11.2. The number of hydrogen-bond acceptors (Lipinski definition) is 4. The summed E-state index contributed by atoms with van der Waals surface area (Å²) >= 11 is 0. The van der Waals surface area contributed by atoms with Gasteiger partial charge in [-0.3, -0.25) is 4.55 Å². The van der Waals surface area contributed by atoms with Crippen molar-refractivity contribution >= 4 is 47.9 Å². The predicted molar refractivity (Wildman–Crippen MR) is 61.6 cm³/mol. The van der Waals surface area contributed by atoms with E-state index in [2.05, 4.69) is 0 Å². The maximum Gasteiger partial charge on any atom is 2.00 e. The average molecular weight is 261 g/mol. The Hall–Kier alpha value is 0.150. The Labute approximate surface area is 122 Å². The number of para-hydroxylation sites is 1. The molecule has 7 heteroatoms. The van der Waals surface area contributed by atoms with Crippen LogP contribution in [0.25, 0.3) is 0 Å². The molecule has 0 fully saturated rings. The fourth-order valence-corrected chi connectivity index (χ4v) is 0.875. The van der Waals surface area contributed by atoms with Gasteiger partial charge in [0.05, 0.1) is 5.75 Å². The van der Waals surface area contributed by atoms with Crippen LogP contribution in [0.15, 0.2) is 30.3 Å².